The number of aryl methyl sites for hydroxylation is 1. The molecule has 18 heavy (non-hydrogen) atoms. The summed E-state index contributed by atoms with van der Waals surface area (Å²) in [6.45, 7) is 5.19. The molecule has 0 N–H and O–H groups in total. The fraction of sp³-hybridized carbons (Fsp3) is 0.167. The van der Waals surface area contributed by atoms with Crippen LogP contribution in [0.25, 0.3) is 0 Å². The van der Waals surface area contributed by atoms with E-state index in [1.54, 1.807) is 12.1 Å². The first kappa shape index (κ1) is 12.5. The molecular formula is C12H11NO4S. The summed E-state index contributed by atoms with van der Waals surface area (Å²) in [6, 6.07) is 5.94. The Bertz CT molecular complexity index is 643. The van der Waals surface area contributed by atoms with Gasteiger partial charge in [-0.1, -0.05) is 24.3 Å². The molecule has 2 rings (SSSR count). The third-order valence-corrected chi connectivity index (χ3v) is 4.36. The van der Waals surface area contributed by atoms with E-state index in [1.165, 1.54) is 12.1 Å². The zero-order valence-electron chi connectivity index (χ0n) is 9.71. The number of benzene rings is 1. The van der Waals surface area contributed by atoms with E-state index in [0.29, 0.717) is 4.31 Å². The number of sulfonamides is 1. The number of carbonyl (C=O) groups is 2. The first-order valence-corrected chi connectivity index (χ1v) is 6.65. The maximum absolute atomic E-state index is 12.2. The number of rotatable bonds is 2. The summed E-state index contributed by atoms with van der Waals surface area (Å²) < 4.78 is 24.6. The second-order valence-corrected chi connectivity index (χ2v) is 5.85. The molecule has 2 amide bonds. The lowest BCUT2D eigenvalue weighted by atomic mass is 10.2. The van der Waals surface area contributed by atoms with Crippen LogP contribution in [-0.2, 0) is 19.6 Å². The van der Waals surface area contributed by atoms with Gasteiger partial charge in [-0.3, -0.25) is 9.59 Å². The van der Waals surface area contributed by atoms with Crippen LogP contribution in [0, 0.1) is 6.92 Å². The summed E-state index contributed by atoms with van der Waals surface area (Å²) in [4.78, 5) is 23.1. The van der Waals surface area contributed by atoms with Crippen molar-refractivity contribution in [3.05, 3.63) is 42.0 Å². The molecule has 0 aromatic heterocycles. The maximum atomic E-state index is 12.2. The molecule has 0 atom stereocenters. The van der Waals surface area contributed by atoms with Crippen LogP contribution in [0.4, 0.5) is 0 Å². The van der Waals surface area contributed by atoms with Crippen molar-refractivity contribution in [3.63, 3.8) is 0 Å². The molecule has 0 saturated carbocycles. The minimum absolute atomic E-state index is 0.00399. The molecule has 94 valence electrons. The van der Waals surface area contributed by atoms with Crippen LogP contribution in [-0.4, -0.2) is 24.5 Å². The first-order valence-electron chi connectivity index (χ1n) is 5.21. The Morgan fingerprint density at radius 1 is 1.17 bits per heavy atom. The Balaban J connectivity index is 2.50. The van der Waals surface area contributed by atoms with Crippen molar-refractivity contribution >= 4 is 21.8 Å². The van der Waals surface area contributed by atoms with E-state index in [-0.39, 0.29) is 16.9 Å². The molecule has 1 saturated heterocycles. The van der Waals surface area contributed by atoms with Crippen molar-refractivity contribution in [2.75, 3.05) is 0 Å². The van der Waals surface area contributed by atoms with Crippen LogP contribution in [0.2, 0.25) is 0 Å². The van der Waals surface area contributed by atoms with Crippen molar-refractivity contribution in [2.24, 2.45) is 0 Å². The van der Waals surface area contributed by atoms with Crippen molar-refractivity contribution < 1.29 is 18.0 Å². The van der Waals surface area contributed by atoms with Gasteiger partial charge in [-0.25, -0.2) is 8.42 Å². The van der Waals surface area contributed by atoms with Gasteiger partial charge in [0.25, 0.3) is 15.9 Å². The lowest BCUT2D eigenvalue weighted by Crippen LogP contribution is -2.35. The average Bonchev–Trinajstić information content (AvgIpc) is 2.54. The molecule has 1 aromatic rings. The minimum atomic E-state index is -4.11. The fourth-order valence-corrected chi connectivity index (χ4v) is 3.02. The molecule has 6 heteroatoms. The normalized spacial score (nSPS) is 16.5. The van der Waals surface area contributed by atoms with E-state index in [9.17, 15) is 18.0 Å². The molecule has 1 aliphatic rings. The molecule has 1 aliphatic heterocycles. The summed E-state index contributed by atoms with van der Waals surface area (Å²) in [6.07, 6.45) is -0.246. The predicted octanol–water partition coefficient (Wildman–Crippen LogP) is 0.999. The monoisotopic (exact) mass is 265 g/mol. The summed E-state index contributed by atoms with van der Waals surface area (Å²) in [5, 5.41) is 0. The third-order valence-electron chi connectivity index (χ3n) is 2.64. The van der Waals surface area contributed by atoms with Crippen LogP contribution in [0.1, 0.15) is 12.0 Å². The summed E-state index contributed by atoms with van der Waals surface area (Å²) in [7, 11) is -4.11. The van der Waals surface area contributed by atoms with E-state index in [4.69, 9.17) is 0 Å². The highest BCUT2D eigenvalue weighted by Gasteiger charge is 2.42. The number of carbonyl (C=O) groups excluding carboxylic acids is 2. The largest absolute Gasteiger partial charge is 0.273 e. The summed E-state index contributed by atoms with van der Waals surface area (Å²) >= 11 is 0. The van der Waals surface area contributed by atoms with E-state index < -0.39 is 21.8 Å². The van der Waals surface area contributed by atoms with Crippen LogP contribution < -0.4 is 0 Å². The molecule has 1 heterocycles. The van der Waals surface area contributed by atoms with Gasteiger partial charge in [0.2, 0.25) is 5.91 Å². The van der Waals surface area contributed by atoms with Gasteiger partial charge in [0.15, 0.2) is 0 Å². The van der Waals surface area contributed by atoms with Crippen molar-refractivity contribution in [1.82, 2.24) is 4.31 Å². The molecule has 0 spiro atoms. The number of nitrogens with zero attached hydrogens (tertiary/aromatic N) is 1. The fourth-order valence-electron chi connectivity index (χ4n) is 1.65. The average molecular weight is 265 g/mol. The van der Waals surface area contributed by atoms with Gasteiger partial charge >= 0.3 is 0 Å². The zero-order valence-corrected chi connectivity index (χ0v) is 10.5. The van der Waals surface area contributed by atoms with Gasteiger partial charge in [0.1, 0.15) is 0 Å². The van der Waals surface area contributed by atoms with Crippen molar-refractivity contribution in [1.29, 1.82) is 0 Å². The van der Waals surface area contributed by atoms with Gasteiger partial charge in [-0.2, -0.15) is 4.31 Å². The van der Waals surface area contributed by atoms with Crippen LogP contribution in [0.15, 0.2) is 41.3 Å². The Morgan fingerprint density at radius 3 is 2.17 bits per heavy atom. The van der Waals surface area contributed by atoms with Crippen LogP contribution in [0.3, 0.4) is 0 Å². The highest BCUT2D eigenvalue weighted by atomic mass is 32.2. The zero-order chi connectivity index (χ0) is 13.5. The van der Waals surface area contributed by atoms with Crippen LogP contribution in [0.5, 0.6) is 0 Å². The Labute approximate surface area is 105 Å². The molecule has 1 aromatic carbocycles. The summed E-state index contributed by atoms with van der Waals surface area (Å²) in [5.74, 6) is -1.61. The lowest BCUT2D eigenvalue weighted by molar-refractivity contribution is -0.131. The Kier molecular flexibility index (Phi) is 2.82. The van der Waals surface area contributed by atoms with Gasteiger partial charge in [-0.15, -0.1) is 0 Å². The predicted molar refractivity (Wildman–Crippen MR) is 64.0 cm³/mol. The highest BCUT2D eigenvalue weighted by Crippen LogP contribution is 2.25. The second-order valence-electron chi connectivity index (χ2n) is 4.06. The third kappa shape index (κ3) is 1.84. The van der Waals surface area contributed by atoms with Gasteiger partial charge in [0, 0.05) is 5.57 Å². The molecule has 0 radical (unpaired) electrons. The second kappa shape index (κ2) is 4.06. The standard InChI is InChI=1S/C12H11NO4S/c1-8-3-5-10(6-4-8)18(16,17)13-11(14)7-9(2)12(13)15/h3-6H,2,7H2,1H3. The van der Waals surface area contributed by atoms with Gasteiger partial charge in [0.05, 0.1) is 11.3 Å². The van der Waals surface area contributed by atoms with Gasteiger partial charge in [-0.05, 0) is 19.1 Å². The smallest absolute Gasteiger partial charge is 0.273 e. The molecule has 0 aliphatic carbocycles. The highest BCUT2D eigenvalue weighted by molar-refractivity contribution is 7.90. The number of hydrogen-bond acceptors (Lipinski definition) is 4. The molecule has 0 unspecified atom stereocenters. The van der Waals surface area contributed by atoms with E-state index >= 15 is 0 Å². The molecular weight excluding hydrogens is 254 g/mol. The van der Waals surface area contributed by atoms with E-state index in [1.807, 2.05) is 6.92 Å². The number of hydrogen-bond donors (Lipinski definition) is 0. The van der Waals surface area contributed by atoms with E-state index in [0.717, 1.165) is 5.56 Å². The van der Waals surface area contributed by atoms with Gasteiger partial charge < -0.3 is 0 Å². The number of imide groups is 1. The summed E-state index contributed by atoms with van der Waals surface area (Å²) in [5.41, 5.74) is 0.883. The first-order chi connectivity index (χ1) is 8.34. The Morgan fingerprint density at radius 2 is 1.72 bits per heavy atom. The number of amides is 2. The van der Waals surface area contributed by atoms with Crippen molar-refractivity contribution in [3.8, 4) is 0 Å². The quantitative estimate of drug-likeness (QED) is 0.590. The van der Waals surface area contributed by atoms with Crippen molar-refractivity contribution in [2.45, 2.75) is 18.2 Å². The van der Waals surface area contributed by atoms with E-state index in [2.05, 4.69) is 6.58 Å². The maximum Gasteiger partial charge on any atom is 0.273 e. The molecule has 1 fully saturated rings. The molecule has 5 nitrogen and oxygen atoms in total. The lowest BCUT2D eigenvalue weighted by Gasteiger charge is -2.14. The topological polar surface area (TPSA) is 71.5 Å². The van der Waals surface area contributed by atoms with Crippen LogP contribution >= 0.6 is 0 Å². The minimum Gasteiger partial charge on any atom is -0.273 e. The molecule has 0 bridgehead atoms. The SMILES string of the molecule is C=C1CC(=O)N(S(=O)(=O)c2ccc(C)cc2)C1=O. The Hall–Kier alpha value is -1.95.